The van der Waals surface area contributed by atoms with Crippen molar-refractivity contribution in [2.75, 3.05) is 7.11 Å². The third-order valence-corrected chi connectivity index (χ3v) is 4.65. The van der Waals surface area contributed by atoms with Gasteiger partial charge >= 0.3 is 0 Å². The van der Waals surface area contributed by atoms with Gasteiger partial charge in [0.15, 0.2) is 5.75 Å². The summed E-state index contributed by atoms with van der Waals surface area (Å²) < 4.78 is 17.4. The smallest absolute Gasteiger partial charge is 0.257 e. The van der Waals surface area contributed by atoms with E-state index in [2.05, 4.69) is 0 Å². The van der Waals surface area contributed by atoms with Gasteiger partial charge in [-0.2, -0.15) is 0 Å². The average Bonchev–Trinajstić information content (AvgIpc) is 2.83. The summed E-state index contributed by atoms with van der Waals surface area (Å²) in [6.45, 7) is 0.861. The first kappa shape index (κ1) is 19.5. The molecule has 4 aromatic rings. The van der Waals surface area contributed by atoms with E-state index in [1.807, 2.05) is 97.1 Å². The average molecular weight is 397 g/mol. The van der Waals surface area contributed by atoms with Crippen molar-refractivity contribution >= 4 is 0 Å². The largest absolute Gasteiger partial charge is 0.497 e. The second kappa shape index (κ2) is 9.61. The summed E-state index contributed by atoms with van der Waals surface area (Å²) in [6, 6.07) is 31.7. The van der Waals surface area contributed by atoms with Crippen molar-refractivity contribution < 1.29 is 14.2 Å². The molecule has 1 heterocycles. The van der Waals surface area contributed by atoms with Crippen LogP contribution in [0.15, 0.2) is 97.1 Å². The first-order chi connectivity index (χ1) is 14.8. The van der Waals surface area contributed by atoms with Gasteiger partial charge in [0.25, 0.3) is 5.88 Å². The van der Waals surface area contributed by atoms with Crippen molar-refractivity contribution in [2.45, 2.75) is 13.2 Å². The van der Waals surface area contributed by atoms with Crippen LogP contribution in [0.4, 0.5) is 0 Å². The Labute approximate surface area is 176 Å². The monoisotopic (exact) mass is 397 g/mol. The van der Waals surface area contributed by atoms with E-state index in [9.17, 15) is 0 Å². The maximum Gasteiger partial charge on any atom is 0.257 e. The highest BCUT2D eigenvalue weighted by Gasteiger charge is 2.12. The van der Waals surface area contributed by atoms with E-state index in [-0.39, 0.29) is 0 Å². The molecule has 0 aliphatic rings. The summed E-state index contributed by atoms with van der Waals surface area (Å²) in [5, 5.41) is 0. The number of hydrogen-bond donors (Lipinski definition) is 0. The predicted octanol–water partition coefficient (Wildman–Crippen LogP) is 5.92. The molecule has 0 fully saturated rings. The highest BCUT2D eigenvalue weighted by atomic mass is 16.5. The van der Waals surface area contributed by atoms with Crippen LogP contribution in [-0.2, 0) is 13.2 Å². The standard InChI is InChI=1S/C26H23NO3/c1-28-23-14-8-13-22(17-23)24-15-16-25(29-18-20-9-4-2-5-10-20)26(27-24)30-19-21-11-6-3-7-12-21/h2-17H,18-19H2,1H3. The molecule has 0 amide bonds. The minimum Gasteiger partial charge on any atom is -0.497 e. The normalized spacial score (nSPS) is 10.4. The van der Waals surface area contributed by atoms with Crippen LogP contribution in [0.1, 0.15) is 11.1 Å². The Morgan fingerprint density at radius 2 is 1.33 bits per heavy atom. The van der Waals surface area contributed by atoms with Gasteiger partial charge < -0.3 is 14.2 Å². The van der Waals surface area contributed by atoms with Crippen LogP contribution in [0.25, 0.3) is 11.3 Å². The highest BCUT2D eigenvalue weighted by Crippen LogP contribution is 2.31. The molecule has 30 heavy (non-hydrogen) atoms. The van der Waals surface area contributed by atoms with E-state index in [1.54, 1.807) is 7.11 Å². The third-order valence-electron chi connectivity index (χ3n) is 4.65. The molecule has 0 N–H and O–H groups in total. The van der Waals surface area contributed by atoms with Gasteiger partial charge in [-0.05, 0) is 35.4 Å². The van der Waals surface area contributed by atoms with Crippen LogP contribution in [-0.4, -0.2) is 12.1 Å². The molecule has 0 atom stereocenters. The number of methoxy groups -OCH3 is 1. The molecule has 1 aromatic heterocycles. The van der Waals surface area contributed by atoms with Crippen molar-refractivity contribution in [2.24, 2.45) is 0 Å². The van der Waals surface area contributed by atoms with Gasteiger partial charge in [0.1, 0.15) is 19.0 Å². The Bertz CT molecular complexity index is 1080. The second-order valence-corrected chi connectivity index (χ2v) is 6.78. The molecule has 0 saturated heterocycles. The molecule has 3 aromatic carbocycles. The van der Waals surface area contributed by atoms with Crippen LogP contribution in [0.5, 0.6) is 17.4 Å². The van der Waals surface area contributed by atoms with E-state index < -0.39 is 0 Å². The van der Waals surface area contributed by atoms with Crippen molar-refractivity contribution in [3.8, 4) is 28.6 Å². The Morgan fingerprint density at radius 1 is 0.667 bits per heavy atom. The molecule has 0 aliphatic carbocycles. The SMILES string of the molecule is COc1cccc(-c2ccc(OCc3ccccc3)c(OCc3ccccc3)n2)c1. The fraction of sp³-hybridized carbons (Fsp3) is 0.115. The van der Waals surface area contributed by atoms with Crippen LogP contribution < -0.4 is 14.2 Å². The summed E-state index contributed by atoms with van der Waals surface area (Å²) in [5.41, 5.74) is 3.90. The summed E-state index contributed by atoms with van der Waals surface area (Å²) in [4.78, 5) is 4.74. The minimum atomic E-state index is 0.414. The van der Waals surface area contributed by atoms with Gasteiger partial charge in [0.2, 0.25) is 0 Å². The fourth-order valence-corrected chi connectivity index (χ4v) is 3.05. The molecular formula is C26H23NO3. The van der Waals surface area contributed by atoms with Crippen LogP contribution in [0.3, 0.4) is 0 Å². The minimum absolute atomic E-state index is 0.414. The van der Waals surface area contributed by atoms with E-state index >= 15 is 0 Å². The number of hydrogen-bond acceptors (Lipinski definition) is 4. The molecule has 0 bridgehead atoms. The maximum absolute atomic E-state index is 6.06. The predicted molar refractivity (Wildman–Crippen MR) is 118 cm³/mol. The van der Waals surface area contributed by atoms with Crippen LogP contribution in [0.2, 0.25) is 0 Å². The number of rotatable bonds is 8. The lowest BCUT2D eigenvalue weighted by molar-refractivity contribution is 0.247. The van der Waals surface area contributed by atoms with E-state index in [1.165, 1.54) is 0 Å². The molecule has 4 heteroatoms. The molecule has 4 nitrogen and oxygen atoms in total. The first-order valence-corrected chi connectivity index (χ1v) is 9.81. The van der Waals surface area contributed by atoms with Crippen molar-refractivity contribution in [1.82, 2.24) is 4.98 Å². The molecule has 4 rings (SSSR count). The van der Waals surface area contributed by atoms with Gasteiger partial charge in [-0.3, -0.25) is 0 Å². The Kier molecular flexibility index (Phi) is 6.25. The highest BCUT2D eigenvalue weighted by molar-refractivity contribution is 5.63. The van der Waals surface area contributed by atoms with Crippen LogP contribution >= 0.6 is 0 Å². The quantitative estimate of drug-likeness (QED) is 0.370. The molecular weight excluding hydrogens is 374 g/mol. The Morgan fingerprint density at radius 3 is 2.00 bits per heavy atom. The zero-order chi connectivity index (χ0) is 20.6. The number of benzene rings is 3. The van der Waals surface area contributed by atoms with Gasteiger partial charge in [0.05, 0.1) is 12.8 Å². The summed E-state index contributed by atoms with van der Waals surface area (Å²) in [7, 11) is 1.65. The second-order valence-electron chi connectivity index (χ2n) is 6.78. The zero-order valence-corrected chi connectivity index (χ0v) is 16.8. The van der Waals surface area contributed by atoms with Crippen molar-refractivity contribution in [3.63, 3.8) is 0 Å². The number of aromatic nitrogens is 1. The Hall–Kier alpha value is -3.79. The summed E-state index contributed by atoms with van der Waals surface area (Å²) in [5.74, 6) is 1.86. The van der Waals surface area contributed by atoms with E-state index in [0.717, 1.165) is 28.1 Å². The van der Waals surface area contributed by atoms with Gasteiger partial charge in [-0.1, -0.05) is 72.8 Å². The number of pyridine rings is 1. The molecule has 0 spiro atoms. The molecule has 150 valence electrons. The third kappa shape index (κ3) is 4.97. The lowest BCUT2D eigenvalue weighted by Crippen LogP contribution is -2.03. The summed E-state index contributed by atoms with van der Waals surface area (Å²) in [6.07, 6.45) is 0. The zero-order valence-electron chi connectivity index (χ0n) is 16.8. The lowest BCUT2D eigenvalue weighted by atomic mass is 10.1. The van der Waals surface area contributed by atoms with Crippen molar-refractivity contribution in [3.05, 3.63) is 108 Å². The summed E-state index contributed by atoms with van der Waals surface area (Å²) >= 11 is 0. The number of nitrogens with zero attached hydrogens (tertiary/aromatic N) is 1. The first-order valence-electron chi connectivity index (χ1n) is 9.81. The topological polar surface area (TPSA) is 40.6 Å². The molecule has 0 unspecified atom stereocenters. The van der Waals surface area contributed by atoms with Crippen LogP contribution in [0, 0.1) is 0 Å². The van der Waals surface area contributed by atoms with Gasteiger partial charge in [0, 0.05) is 5.56 Å². The maximum atomic E-state index is 6.06. The number of ether oxygens (including phenoxy) is 3. The Balaban J connectivity index is 1.60. The van der Waals surface area contributed by atoms with E-state index in [0.29, 0.717) is 24.8 Å². The molecule has 0 radical (unpaired) electrons. The fourth-order valence-electron chi connectivity index (χ4n) is 3.05. The van der Waals surface area contributed by atoms with Crippen molar-refractivity contribution in [1.29, 1.82) is 0 Å². The van der Waals surface area contributed by atoms with Gasteiger partial charge in [-0.25, -0.2) is 4.98 Å². The van der Waals surface area contributed by atoms with Gasteiger partial charge in [-0.15, -0.1) is 0 Å². The lowest BCUT2D eigenvalue weighted by Gasteiger charge is -2.14. The molecule has 0 saturated carbocycles. The van der Waals surface area contributed by atoms with E-state index in [4.69, 9.17) is 19.2 Å². The molecule has 0 aliphatic heterocycles.